The highest BCUT2D eigenvalue weighted by Gasteiger charge is 1.91. The minimum Gasteiger partial charge on any atom is -0.396 e. The van der Waals surface area contributed by atoms with Gasteiger partial charge in [0.2, 0.25) is 0 Å². The van der Waals surface area contributed by atoms with Crippen LogP contribution in [0.2, 0.25) is 0 Å². The van der Waals surface area contributed by atoms with Crippen molar-refractivity contribution in [1.82, 2.24) is 0 Å². The number of rotatable bonds is 11. The predicted molar refractivity (Wildman–Crippen MR) is 67.0 cm³/mol. The van der Waals surface area contributed by atoms with Crippen LogP contribution in [0.3, 0.4) is 0 Å². The van der Waals surface area contributed by atoms with E-state index < -0.39 is 0 Å². The molecule has 0 unspecified atom stereocenters. The van der Waals surface area contributed by atoms with Crippen molar-refractivity contribution in [2.24, 2.45) is 0 Å². The molecule has 0 radical (unpaired) electrons. The molecule has 0 fully saturated rings. The maximum atomic E-state index is 8.59. The Balaban J connectivity index is 2.78. The second-order valence-electron chi connectivity index (χ2n) is 3.75. The molecular weight excluding hydrogens is 192 g/mol. The molecular formula is C12H26OS. The molecule has 0 aromatic carbocycles. The fourth-order valence-electron chi connectivity index (χ4n) is 1.52. The average Bonchev–Trinajstić information content (AvgIpc) is 2.21. The Kier molecular flexibility index (Phi) is 13.6. The summed E-state index contributed by atoms with van der Waals surface area (Å²) in [6.45, 7) is 2.60. The first kappa shape index (κ1) is 14.3. The van der Waals surface area contributed by atoms with Crippen molar-refractivity contribution in [3.05, 3.63) is 0 Å². The molecule has 0 aliphatic heterocycles. The first-order valence-electron chi connectivity index (χ1n) is 6.10. The van der Waals surface area contributed by atoms with Gasteiger partial charge in [0.05, 0.1) is 0 Å². The standard InChI is InChI=1S/C12H26OS/c1-2-14-12-10-8-6-4-3-5-7-9-11-13/h13H,2-12H2,1H3. The average molecular weight is 218 g/mol. The molecule has 0 saturated carbocycles. The SMILES string of the molecule is CCSCCCCCCCCCCO. The molecule has 2 heteroatoms. The van der Waals surface area contributed by atoms with Gasteiger partial charge < -0.3 is 5.11 Å². The van der Waals surface area contributed by atoms with E-state index in [1.807, 2.05) is 0 Å². The second kappa shape index (κ2) is 13.3. The molecule has 0 spiro atoms. The number of thioether (sulfide) groups is 1. The van der Waals surface area contributed by atoms with E-state index in [2.05, 4.69) is 18.7 Å². The van der Waals surface area contributed by atoms with Crippen LogP contribution in [0.25, 0.3) is 0 Å². The minimum atomic E-state index is 0.369. The predicted octanol–water partition coefficient (Wildman–Crippen LogP) is 3.85. The summed E-state index contributed by atoms with van der Waals surface area (Å²) in [5, 5.41) is 8.59. The number of unbranched alkanes of at least 4 members (excludes halogenated alkanes) is 7. The molecule has 86 valence electrons. The van der Waals surface area contributed by atoms with Crippen LogP contribution in [0.5, 0.6) is 0 Å². The maximum absolute atomic E-state index is 8.59. The van der Waals surface area contributed by atoms with E-state index >= 15 is 0 Å². The summed E-state index contributed by atoms with van der Waals surface area (Å²) in [6.07, 6.45) is 10.5. The lowest BCUT2D eigenvalue weighted by Gasteiger charge is -2.01. The van der Waals surface area contributed by atoms with Gasteiger partial charge >= 0.3 is 0 Å². The van der Waals surface area contributed by atoms with Gasteiger partial charge in [-0.2, -0.15) is 11.8 Å². The summed E-state index contributed by atoms with van der Waals surface area (Å²) in [6, 6.07) is 0. The van der Waals surface area contributed by atoms with Crippen molar-refractivity contribution in [3.8, 4) is 0 Å². The summed E-state index contributed by atoms with van der Waals surface area (Å²) >= 11 is 2.06. The van der Waals surface area contributed by atoms with Crippen molar-refractivity contribution < 1.29 is 5.11 Å². The van der Waals surface area contributed by atoms with Gasteiger partial charge in [-0.3, -0.25) is 0 Å². The summed E-state index contributed by atoms with van der Waals surface area (Å²) in [4.78, 5) is 0. The fourth-order valence-corrected chi connectivity index (χ4v) is 2.22. The minimum absolute atomic E-state index is 0.369. The second-order valence-corrected chi connectivity index (χ2v) is 5.14. The van der Waals surface area contributed by atoms with Gasteiger partial charge in [0, 0.05) is 6.61 Å². The Bertz CT molecular complexity index is 84.3. The zero-order chi connectivity index (χ0) is 10.5. The van der Waals surface area contributed by atoms with Crippen LogP contribution in [0, 0.1) is 0 Å². The van der Waals surface area contributed by atoms with Gasteiger partial charge in [0.25, 0.3) is 0 Å². The zero-order valence-corrected chi connectivity index (χ0v) is 10.5. The Morgan fingerprint density at radius 3 is 1.79 bits per heavy atom. The molecule has 0 aromatic heterocycles. The monoisotopic (exact) mass is 218 g/mol. The molecule has 14 heavy (non-hydrogen) atoms. The van der Waals surface area contributed by atoms with Crippen molar-refractivity contribution >= 4 is 11.8 Å². The van der Waals surface area contributed by atoms with E-state index in [1.165, 1.54) is 56.5 Å². The molecule has 1 nitrogen and oxygen atoms in total. The maximum Gasteiger partial charge on any atom is 0.0431 e. The molecule has 0 aromatic rings. The van der Waals surface area contributed by atoms with Crippen LogP contribution in [0.15, 0.2) is 0 Å². The topological polar surface area (TPSA) is 20.2 Å². The van der Waals surface area contributed by atoms with Gasteiger partial charge in [-0.25, -0.2) is 0 Å². The number of aliphatic hydroxyl groups excluding tert-OH is 1. The molecule has 1 N–H and O–H groups in total. The Labute approximate surface area is 93.7 Å². The highest BCUT2D eigenvalue weighted by atomic mass is 32.2. The van der Waals surface area contributed by atoms with Crippen LogP contribution < -0.4 is 0 Å². The molecule has 0 atom stereocenters. The lowest BCUT2D eigenvalue weighted by atomic mass is 10.1. The molecule has 0 aliphatic carbocycles. The fraction of sp³-hybridized carbons (Fsp3) is 1.00. The van der Waals surface area contributed by atoms with E-state index in [0.717, 1.165) is 6.42 Å². The molecule has 0 saturated heterocycles. The van der Waals surface area contributed by atoms with Gasteiger partial charge in [0.15, 0.2) is 0 Å². The van der Waals surface area contributed by atoms with Crippen LogP contribution in [0.1, 0.15) is 58.3 Å². The third-order valence-electron chi connectivity index (χ3n) is 2.40. The summed E-state index contributed by atoms with van der Waals surface area (Å²) < 4.78 is 0. The highest BCUT2D eigenvalue weighted by molar-refractivity contribution is 7.99. The molecule has 0 aliphatic rings. The van der Waals surface area contributed by atoms with E-state index in [4.69, 9.17) is 5.11 Å². The van der Waals surface area contributed by atoms with Crippen LogP contribution in [-0.4, -0.2) is 23.2 Å². The molecule has 0 bridgehead atoms. The van der Waals surface area contributed by atoms with E-state index in [9.17, 15) is 0 Å². The van der Waals surface area contributed by atoms with E-state index in [1.54, 1.807) is 0 Å². The van der Waals surface area contributed by atoms with Gasteiger partial charge in [0.1, 0.15) is 0 Å². The van der Waals surface area contributed by atoms with Crippen LogP contribution >= 0.6 is 11.8 Å². The van der Waals surface area contributed by atoms with Crippen molar-refractivity contribution in [2.45, 2.75) is 58.3 Å². The van der Waals surface area contributed by atoms with Crippen LogP contribution in [0.4, 0.5) is 0 Å². The van der Waals surface area contributed by atoms with Gasteiger partial charge in [-0.15, -0.1) is 0 Å². The van der Waals surface area contributed by atoms with Crippen LogP contribution in [-0.2, 0) is 0 Å². The Hall–Kier alpha value is 0.310. The Morgan fingerprint density at radius 2 is 1.29 bits per heavy atom. The van der Waals surface area contributed by atoms with Crippen molar-refractivity contribution in [3.63, 3.8) is 0 Å². The first-order chi connectivity index (χ1) is 6.91. The van der Waals surface area contributed by atoms with Gasteiger partial charge in [-0.05, 0) is 24.3 Å². The van der Waals surface area contributed by atoms with Gasteiger partial charge in [-0.1, -0.05) is 45.4 Å². The molecule has 0 amide bonds. The number of aliphatic hydroxyl groups is 1. The molecule has 0 heterocycles. The summed E-state index contributed by atoms with van der Waals surface area (Å²) in [7, 11) is 0. The van der Waals surface area contributed by atoms with Crippen molar-refractivity contribution in [2.75, 3.05) is 18.1 Å². The number of hydrogen-bond acceptors (Lipinski definition) is 2. The van der Waals surface area contributed by atoms with Crippen molar-refractivity contribution in [1.29, 1.82) is 0 Å². The summed E-state index contributed by atoms with van der Waals surface area (Å²) in [5.74, 6) is 2.61. The zero-order valence-electron chi connectivity index (χ0n) is 9.63. The lowest BCUT2D eigenvalue weighted by molar-refractivity contribution is 0.282. The van der Waals surface area contributed by atoms with E-state index in [-0.39, 0.29) is 0 Å². The quantitative estimate of drug-likeness (QED) is 0.532. The molecule has 0 rings (SSSR count). The third kappa shape index (κ3) is 12.3. The van der Waals surface area contributed by atoms with E-state index in [0.29, 0.717) is 6.61 Å². The third-order valence-corrected chi connectivity index (χ3v) is 3.39. The number of hydrogen-bond donors (Lipinski definition) is 1. The largest absolute Gasteiger partial charge is 0.396 e. The summed E-state index contributed by atoms with van der Waals surface area (Å²) in [5.41, 5.74) is 0. The highest BCUT2D eigenvalue weighted by Crippen LogP contribution is 2.10. The first-order valence-corrected chi connectivity index (χ1v) is 7.26. The lowest BCUT2D eigenvalue weighted by Crippen LogP contribution is -1.85. The normalized spacial score (nSPS) is 10.7. The Morgan fingerprint density at radius 1 is 0.786 bits per heavy atom. The smallest absolute Gasteiger partial charge is 0.0431 e.